The van der Waals surface area contributed by atoms with Crippen LogP contribution in [-0.4, -0.2) is 47.8 Å². The van der Waals surface area contributed by atoms with Crippen LogP contribution in [0.3, 0.4) is 0 Å². The number of aromatic nitrogens is 1. The maximum atomic E-state index is 12.6. The lowest BCUT2D eigenvalue weighted by Gasteiger charge is -2.58. The molecule has 1 aromatic heterocycles. The summed E-state index contributed by atoms with van der Waals surface area (Å²) in [7, 11) is 1.77. The van der Waals surface area contributed by atoms with Gasteiger partial charge in [-0.2, -0.15) is 9.99 Å². The SMILES string of the molecule is CNc1c(OC2CC3(C2)CN(C(=O)OC(C)(C)C)C3)cccc1N(N=O)c1ccc(OCc2ccccc2)nc1OCc1ccccc1. The first kappa shape index (κ1) is 32.6. The highest BCUT2D eigenvalue weighted by Gasteiger charge is 2.55. The van der Waals surface area contributed by atoms with Crippen LogP contribution >= 0.6 is 0 Å². The number of benzene rings is 3. The molecule has 11 heteroatoms. The van der Waals surface area contributed by atoms with Crippen molar-refractivity contribution >= 4 is 23.2 Å². The molecule has 1 saturated carbocycles. The van der Waals surface area contributed by atoms with Gasteiger partial charge < -0.3 is 29.2 Å². The van der Waals surface area contributed by atoms with Gasteiger partial charge in [-0.3, -0.25) is 0 Å². The number of pyridine rings is 1. The van der Waals surface area contributed by atoms with Crippen LogP contribution in [0.1, 0.15) is 44.7 Å². The van der Waals surface area contributed by atoms with Crippen LogP contribution in [-0.2, 0) is 18.0 Å². The number of nitroso groups, excluding NO2 is 1. The minimum Gasteiger partial charge on any atom is -0.488 e. The number of hydrogen-bond acceptors (Lipinski definition) is 9. The summed E-state index contributed by atoms with van der Waals surface area (Å²) in [5.74, 6) is 1.13. The van der Waals surface area contributed by atoms with Crippen molar-refractivity contribution < 1.29 is 23.7 Å². The number of ether oxygens (including phenoxy) is 4. The second-order valence-corrected chi connectivity index (χ2v) is 13.3. The highest BCUT2D eigenvalue weighted by molar-refractivity contribution is 5.82. The predicted octanol–water partition coefficient (Wildman–Crippen LogP) is 7.88. The number of carbonyl (C=O) groups excluding carboxylic acids is 1. The quantitative estimate of drug-likeness (QED) is 0.121. The van der Waals surface area contributed by atoms with Gasteiger partial charge in [-0.15, -0.1) is 4.91 Å². The molecule has 2 aliphatic rings. The highest BCUT2D eigenvalue weighted by Crippen LogP contribution is 2.51. The molecule has 0 radical (unpaired) electrons. The molecule has 11 nitrogen and oxygen atoms in total. The van der Waals surface area contributed by atoms with E-state index in [-0.39, 0.29) is 30.1 Å². The van der Waals surface area contributed by atoms with Gasteiger partial charge in [0.25, 0.3) is 0 Å². The average Bonchev–Trinajstić information content (AvgIpc) is 3.04. The van der Waals surface area contributed by atoms with E-state index in [4.69, 9.17) is 18.9 Å². The number of amides is 1. The molecule has 4 aromatic rings. The Hall–Kier alpha value is -5.32. The van der Waals surface area contributed by atoms with Crippen LogP contribution in [0, 0.1) is 10.3 Å². The monoisotopic (exact) mass is 651 g/mol. The van der Waals surface area contributed by atoms with E-state index in [1.54, 1.807) is 30.1 Å². The average molecular weight is 652 g/mol. The summed E-state index contributed by atoms with van der Waals surface area (Å²) in [5, 5.41) is 7.85. The summed E-state index contributed by atoms with van der Waals surface area (Å²) in [6.07, 6.45) is 1.34. The molecule has 48 heavy (non-hydrogen) atoms. The van der Waals surface area contributed by atoms with E-state index in [0.29, 0.717) is 48.4 Å². The molecule has 2 fully saturated rings. The van der Waals surface area contributed by atoms with Gasteiger partial charge in [0.2, 0.25) is 11.8 Å². The number of anilines is 3. The second kappa shape index (κ2) is 13.8. The third-order valence-electron chi connectivity index (χ3n) is 8.37. The summed E-state index contributed by atoms with van der Waals surface area (Å²) in [6.45, 7) is 7.48. The molecule has 1 amide bonds. The molecular weight excluding hydrogens is 610 g/mol. The smallest absolute Gasteiger partial charge is 0.410 e. The van der Waals surface area contributed by atoms with Crippen LogP contribution in [0.25, 0.3) is 0 Å². The summed E-state index contributed by atoms with van der Waals surface area (Å²) < 4.78 is 24.1. The Labute approximate surface area is 280 Å². The van der Waals surface area contributed by atoms with E-state index < -0.39 is 5.60 Å². The Bertz CT molecular complexity index is 1720. The Kier molecular flexibility index (Phi) is 9.38. The lowest BCUT2D eigenvalue weighted by molar-refractivity contribution is -0.116. The van der Waals surface area contributed by atoms with Crippen LogP contribution < -0.4 is 24.5 Å². The molecule has 0 atom stereocenters. The van der Waals surface area contributed by atoms with Crippen molar-refractivity contribution in [1.82, 2.24) is 9.88 Å². The van der Waals surface area contributed by atoms with E-state index in [2.05, 4.69) is 15.6 Å². The zero-order valence-electron chi connectivity index (χ0n) is 27.7. The van der Waals surface area contributed by atoms with Crippen LogP contribution in [0.15, 0.2) is 96.3 Å². The molecule has 1 saturated heterocycles. The third kappa shape index (κ3) is 7.46. The maximum absolute atomic E-state index is 12.6. The Morgan fingerprint density at radius 1 is 0.896 bits per heavy atom. The summed E-state index contributed by atoms with van der Waals surface area (Å²) in [6, 6.07) is 28.4. The second-order valence-electron chi connectivity index (χ2n) is 13.3. The van der Waals surface area contributed by atoms with Crippen LogP contribution in [0.4, 0.5) is 21.9 Å². The summed E-state index contributed by atoms with van der Waals surface area (Å²) in [5.41, 5.74) is 2.89. The van der Waals surface area contributed by atoms with E-state index in [1.165, 1.54) is 5.01 Å². The van der Waals surface area contributed by atoms with E-state index >= 15 is 0 Å². The Morgan fingerprint density at radius 2 is 1.54 bits per heavy atom. The lowest BCUT2D eigenvalue weighted by Crippen LogP contribution is -2.66. The van der Waals surface area contributed by atoms with Gasteiger partial charge >= 0.3 is 6.09 Å². The molecule has 3 aromatic carbocycles. The van der Waals surface area contributed by atoms with Crippen molar-refractivity contribution in [2.75, 3.05) is 30.5 Å². The fourth-order valence-corrected chi connectivity index (χ4v) is 6.13. The number of likely N-dealkylation sites (tertiary alicyclic amines) is 1. The van der Waals surface area contributed by atoms with Crippen molar-refractivity contribution in [3.8, 4) is 17.5 Å². The number of hydrogen-bond donors (Lipinski definition) is 1. The fourth-order valence-electron chi connectivity index (χ4n) is 6.13. The molecule has 1 aliphatic heterocycles. The molecule has 1 N–H and O–H groups in total. The molecule has 250 valence electrons. The summed E-state index contributed by atoms with van der Waals surface area (Å²) >= 11 is 0. The Balaban J connectivity index is 1.19. The Morgan fingerprint density at radius 3 is 2.15 bits per heavy atom. The maximum Gasteiger partial charge on any atom is 0.410 e. The first-order valence-corrected chi connectivity index (χ1v) is 16.1. The first-order chi connectivity index (χ1) is 23.1. The first-order valence-electron chi connectivity index (χ1n) is 16.1. The number of carbonyl (C=O) groups is 1. The highest BCUT2D eigenvalue weighted by atomic mass is 16.6. The van der Waals surface area contributed by atoms with Gasteiger partial charge in [0.1, 0.15) is 42.0 Å². The zero-order valence-corrected chi connectivity index (χ0v) is 27.7. The van der Waals surface area contributed by atoms with Crippen molar-refractivity contribution in [3.05, 3.63) is 107 Å². The topological polar surface area (TPSA) is 115 Å². The number of rotatable bonds is 12. The van der Waals surface area contributed by atoms with Gasteiger partial charge in [0.05, 0.1) is 11.0 Å². The molecule has 6 rings (SSSR count). The van der Waals surface area contributed by atoms with E-state index in [1.807, 2.05) is 93.6 Å². The van der Waals surface area contributed by atoms with Crippen LogP contribution in [0.2, 0.25) is 0 Å². The van der Waals surface area contributed by atoms with Gasteiger partial charge in [0, 0.05) is 31.6 Å². The van der Waals surface area contributed by atoms with Gasteiger partial charge in [-0.05, 0) is 62.9 Å². The van der Waals surface area contributed by atoms with E-state index in [0.717, 1.165) is 24.0 Å². The van der Waals surface area contributed by atoms with Crippen LogP contribution in [0.5, 0.6) is 17.5 Å². The number of nitrogens with zero attached hydrogens (tertiary/aromatic N) is 4. The molecular formula is C37H41N5O6. The van der Waals surface area contributed by atoms with Crippen molar-refractivity contribution in [2.24, 2.45) is 10.7 Å². The fraction of sp³-hybridized carbons (Fsp3) is 0.351. The van der Waals surface area contributed by atoms with Gasteiger partial charge in [-0.25, -0.2) is 4.79 Å². The minimum absolute atomic E-state index is 0.0294. The van der Waals surface area contributed by atoms with E-state index in [9.17, 15) is 9.70 Å². The van der Waals surface area contributed by atoms with Gasteiger partial charge in [0.15, 0.2) is 0 Å². The number of nitrogens with one attached hydrogen (secondary N) is 1. The molecule has 1 spiro atoms. The molecule has 2 heterocycles. The van der Waals surface area contributed by atoms with Crippen molar-refractivity contribution in [3.63, 3.8) is 0 Å². The molecule has 1 aliphatic carbocycles. The number of para-hydroxylation sites is 1. The van der Waals surface area contributed by atoms with Crippen molar-refractivity contribution in [1.29, 1.82) is 0 Å². The summed E-state index contributed by atoms with van der Waals surface area (Å²) in [4.78, 5) is 31.4. The minimum atomic E-state index is -0.521. The normalized spacial score (nSPS) is 15.1. The van der Waals surface area contributed by atoms with Gasteiger partial charge in [-0.1, -0.05) is 66.7 Å². The third-order valence-corrected chi connectivity index (χ3v) is 8.37. The molecule has 0 unspecified atom stereocenters. The largest absolute Gasteiger partial charge is 0.488 e. The standard InChI is InChI=1S/C37H41N5O6/c1-36(2,3)48-35(43)41-24-37(25-41)20-28(21-37)47-31-17-11-16-29(33(31)38-4)42(40-44)30-18-19-32(45-22-26-12-7-5-8-13-26)39-34(30)46-23-27-14-9-6-10-15-27/h5-19,28,38H,20-25H2,1-4H3. The predicted molar refractivity (Wildman–Crippen MR) is 184 cm³/mol. The zero-order chi connectivity index (χ0) is 33.7. The molecule has 0 bridgehead atoms. The lowest BCUT2D eigenvalue weighted by atomic mass is 9.62. The van der Waals surface area contributed by atoms with Crippen molar-refractivity contribution in [2.45, 2.75) is 58.5 Å².